The molecular weight excluding hydrogens is 242 g/mol. The predicted octanol–water partition coefficient (Wildman–Crippen LogP) is 2.69. The molecule has 0 unspecified atom stereocenters. The van der Waals surface area contributed by atoms with Gasteiger partial charge >= 0.3 is 5.97 Å². The fourth-order valence-corrected chi connectivity index (χ4v) is 2.63. The first-order chi connectivity index (χ1) is 9.11. The summed E-state index contributed by atoms with van der Waals surface area (Å²) >= 11 is 0. The van der Waals surface area contributed by atoms with Gasteiger partial charge in [0, 0.05) is 5.69 Å². The third-order valence-corrected chi connectivity index (χ3v) is 3.80. The zero-order valence-corrected chi connectivity index (χ0v) is 11.1. The minimum atomic E-state index is -0.862. The van der Waals surface area contributed by atoms with E-state index in [0.29, 0.717) is 12.8 Å². The molecule has 2 rings (SSSR count). The van der Waals surface area contributed by atoms with Crippen molar-refractivity contribution in [3.63, 3.8) is 0 Å². The Balaban J connectivity index is 2.01. The lowest BCUT2D eigenvalue weighted by Gasteiger charge is -2.15. The molecule has 1 aliphatic carbocycles. The highest BCUT2D eigenvalue weighted by molar-refractivity contribution is 5.95. The minimum absolute atomic E-state index is 0.172. The van der Waals surface area contributed by atoms with Crippen LogP contribution < -0.4 is 5.32 Å². The summed E-state index contributed by atoms with van der Waals surface area (Å²) in [7, 11) is 0. The Morgan fingerprint density at radius 2 is 1.84 bits per heavy atom. The van der Waals surface area contributed by atoms with Crippen molar-refractivity contribution in [1.29, 1.82) is 0 Å². The number of anilines is 1. The predicted molar refractivity (Wildman–Crippen MR) is 72.9 cm³/mol. The van der Waals surface area contributed by atoms with Gasteiger partial charge in [-0.3, -0.25) is 9.59 Å². The molecule has 19 heavy (non-hydrogen) atoms. The monoisotopic (exact) mass is 261 g/mol. The van der Waals surface area contributed by atoms with Gasteiger partial charge in [0.2, 0.25) is 5.91 Å². The first-order valence-electron chi connectivity index (χ1n) is 6.74. The van der Waals surface area contributed by atoms with Crippen LogP contribution in [-0.4, -0.2) is 17.0 Å². The Kier molecular flexibility index (Phi) is 4.20. The maximum Gasteiger partial charge on any atom is 0.307 e. The molecule has 0 heterocycles. The molecule has 4 nitrogen and oxygen atoms in total. The van der Waals surface area contributed by atoms with Crippen LogP contribution in [0.4, 0.5) is 5.69 Å². The molecule has 0 radical (unpaired) electrons. The van der Waals surface area contributed by atoms with Gasteiger partial charge in [-0.05, 0) is 37.0 Å². The lowest BCUT2D eigenvalue weighted by molar-refractivity contribution is -0.145. The molecule has 2 atom stereocenters. The third-order valence-electron chi connectivity index (χ3n) is 3.80. The van der Waals surface area contributed by atoms with Crippen molar-refractivity contribution in [2.45, 2.75) is 32.6 Å². The number of amides is 1. The van der Waals surface area contributed by atoms with E-state index < -0.39 is 17.8 Å². The number of rotatable bonds is 4. The van der Waals surface area contributed by atoms with Crippen LogP contribution in [0.2, 0.25) is 0 Å². The van der Waals surface area contributed by atoms with Crippen molar-refractivity contribution in [2.24, 2.45) is 11.8 Å². The van der Waals surface area contributed by atoms with Crippen molar-refractivity contribution in [3.8, 4) is 0 Å². The average Bonchev–Trinajstić information content (AvgIpc) is 2.89. The van der Waals surface area contributed by atoms with Crippen LogP contribution in [0, 0.1) is 11.8 Å². The van der Waals surface area contributed by atoms with Crippen LogP contribution in [0.25, 0.3) is 0 Å². The fourth-order valence-electron chi connectivity index (χ4n) is 2.63. The van der Waals surface area contributed by atoms with E-state index in [2.05, 4.69) is 12.2 Å². The molecule has 0 aliphatic heterocycles. The zero-order chi connectivity index (χ0) is 13.8. The Morgan fingerprint density at radius 1 is 1.21 bits per heavy atom. The number of nitrogens with one attached hydrogen (secondary N) is 1. The van der Waals surface area contributed by atoms with Gasteiger partial charge in [-0.2, -0.15) is 0 Å². The lowest BCUT2D eigenvalue weighted by Crippen LogP contribution is -2.29. The molecule has 2 N–H and O–H groups in total. The summed E-state index contributed by atoms with van der Waals surface area (Å²) in [6.45, 7) is 2.07. The molecule has 0 aromatic heterocycles. The third kappa shape index (κ3) is 3.13. The van der Waals surface area contributed by atoms with Gasteiger partial charge in [0.15, 0.2) is 0 Å². The first-order valence-corrected chi connectivity index (χ1v) is 6.74. The molecule has 0 saturated heterocycles. The van der Waals surface area contributed by atoms with Crippen LogP contribution in [-0.2, 0) is 16.0 Å². The molecule has 1 aromatic rings. The maximum absolute atomic E-state index is 12.1. The highest BCUT2D eigenvalue weighted by atomic mass is 16.4. The highest BCUT2D eigenvalue weighted by Gasteiger charge is 2.37. The molecular formula is C15H19NO3. The van der Waals surface area contributed by atoms with E-state index in [4.69, 9.17) is 5.11 Å². The average molecular weight is 261 g/mol. The number of aliphatic carboxylic acids is 1. The second kappa shape index (κ2) is 5.87. The van der Waals surface area contributed by atoms with Gasteiger partial charge in [0.25, 0.3) is 0 Å². The van der Waals surface area contributed by atoms with E-state index in [9.17, 15) is 9.59 Å². The number of carboxylic acid groups (broad SMARTS) is 1. The summed E-state index contributed by atoms with van der Waals surface area (Å²) < 4.78 is 0. The summed E-state index contributed by atoms with van der Waals surface area (Å²) in [4.78, 5) is 23.2. The summed E-state index contributed by atoms with van der Waals surface area (Å²) in [6.07, 6.45) is 3.03. The first kappa shape index (κ1) is 13.6. The van der Waals surface area contributed by atoms with Crippen LogP contribution in [0.15, 0.2) is 24.3 Å². The van der Waals surface area contributed by atoms with E-state index in [-0.39, 0.29) is 5.91 Å². The van der Waals surface area contributed by atoms with Crippen molar-refractivity contribution in [2.75, 3.05) is 5.32 Å². The smallest absolute Gasteiger partial charge is 0.307 e. The normalized spacial score (nSPS) is 22.2. The number of carbonyl (C=O) groups is 2. The van der Waals surface area contributed by atoms with Gasteiger partial charge in [0.05, 0.1) is 11.8 Å². The molecule has 1 aliphatic rings. The minimum Gasteiger partial charge on any atom is -0.481 e. The molecule has 0 bridgehead atoms. The molecule has 1 amide bonds. The van der Waals surface area contributed by atoms with Crippen LogP contribution in [0.1, 0.15) is 31.7 Å². The zero-order valence-electron chi connectivity index (χ0n) is 11.1. The Morgan fingerprint density at radius 3 is 2.42 bits per heavy atom. The fraction of sp³-hybridized carbons (Fsp3) is 0.467. The van der Waals surface area contributed by atoms with E-state index in [1.165, 1.54) is 5.56 Å². The lowest BCUT2D eigenvalue weighted by atomic mass is 9.95. The van der Waals surface area contributed by atoms with E-state index >= 15 is 0 Å². The second-order valence-corrected chi connectivity index (χ2v) is 5.02. The van der Waals surface area contributed by atoms with Crippen LogP contribution in [0.5, 0.6) is 0 Å². The van der Waals surface area contributed by atoms with Crippen molar-refractivity contribution >= 4 is 17.6 Å². The summed E-state index contributed by atoms with van der Waals surface area (Å²) in [5.41, 5.74) is 1.94. The van der Waals surface area contributed by atoms with E-state index in [1.54, 1.807) is 0 Å². The molecule has 0 spiro atoms. The second-order valence-electron chi connectivity index (χ2n) is 5.02. The van der Waals surface area contributed by atoms with E-state index in [1.807, 2.05) is 24.3 Å². The van der Waals surface area contributed by atoms with Crippen LogP contribution in [0.3, 0.4) is 0 Å². The Labute approximate surface area is 112 Å². The van der Waals surface area contributed by atoms with Crippen molar-refractivity contribution < 1.29 is 14.7 Å². The molecule has 1 fully saturated rings. The standard InChI is InChI=1S/C15H19NO3/c1-2-10-6-8-11(9-7-10)16-14(17)12-4-3-5-13(12)15(18)19/h6-9,12-13H,2-5H2,1H3,(H,16,17)(H,18,19)/t12-,13+/m1/s1. The van der Waals surface area contributed by atoms with E-state index in [0.717, 1.165) is 18.5 Å². The summed E-state index contributed by atoms with van der Waals surface area (Å²) in [5.74, 6) is -1.97. The van der Waals surface area contributed by atoms with Gasteiger partial charge in [-0.25, -0.2) is 0 Å². The molecule has 1 saturated carbocycles. The van der Waals surface area contributed by atoms with Gasteiger partial charge < -0.3 is 10.4 Å². The molecule has 1 aromatic carbocycles. The topological polar surface area (TPSA) is 66.4 Å². The summed E-state index contributed by atoms with van der Waals surface area (Å²) in [5, 5.41) is 11.9. The SMILES string of the molecule is CCc1ccc(NC(=O)[C@@H]2CCC[C@@H]2C(=O)O)cc1. The largest absolute Gasteiger partial charge is 0.481 e. The van der Waals surface area contributed by atoms with Crippen LogP contribution >= 0.6 is 0 Å². The highest BCUT2D eigenvalue weighted by Crippen LogP contribution is 2.32. The summed E-state index contributed by atoms with van der Waals surface area (Å²) in [6, 6.07) is 7.67. The number of carboxylic acids is 1. The maximum atomic E-state index is 12.1. The number of aryl methyl sites for hydroxylation is 1. The number of hydrogen-bond acceptors (Lipinski definition) is 2. The molecule has 102 valence electrons. The number of hydrogen-bond donors (Lipinski definition) is 2. The number of carbonyl (C=O) groups excluding carboxylic acids is 1. The van der Waals surface area contributed by atoms with Gasteiger partial charge in [0.1, 0.15) is 0 Å². The molecule has 4 heteroatoms. The quantitative estimate of drug-likeness (QED) is 0.875. The van der Waals surface area contributed by atoms with Gasteiger partial charge in [-0.15, -0.1) is 0 Å². The van der Waals surface area contributed by atoms with Gasteiger partial charge in [-0.1, -0.05) is 25.5 Å². The Hall–Kier alpha value is -1.84. The van der Waals surface area contributed by atoms with Crippen molar-refractivity contribution in [1.82, 2.24) is 0 Å². The number of benzene rings is 1. The Bertz CT molecular complexity index is 467. The van der Waals surface area contributed by atoms with Crippen molar-refractivity contribution in [3.05, 3.63) is 29.8 Å².